The topological polar surface area (TPSA) is 174 Å². The summed E-state index contributed by atoms with van der Waals surface area (Å²) < 4.78 is 6.06. The van der Waals surface area contributed by atoms with E-state index in [1.165, 1.54) is 0 Å². The molecule has 1 aliphatic heterocycles. The molecule has 0 aromatic carbocycles. The zero-order chi connectivity index (χ0) is 15.6. The van der Waals surface area contributed by atoms with E-state index >= 15 is 0 Å². The summed E-state index contributed by atoms with van der Waals surface area (Å²) in [5.41, 5.74) is 6.65. The van der Waals surface area contributed by atoms with Crippen molar-refractivity contribution < 1.29 is 20.1 Å². The number of azide groups is 1. The molecule has 2 rings (SSSR count). The lowest BCUT2D eigenvalue weighted by Gasteiger charge is -2.17. The van der Waals surface area contributed by atoms with Crippen LogP contribution in [-0.4, -0.2) is 49.8 Å². The van der Waals surface area contributed by atoms with Crippen molar-refractivity contribution in [2.75, 3.05) is 6.61 Å². The lowest BCUT2D eigenvalue weighted by atomic mass is 10.1. The number of aromatic nitrogens is 2. The summed E-state index contributed by atoms with van der Waals surface area (Å²) in [5.74, 6) is 0. The zero-order valence-corrected chi connectivity index (χ0v) is 10.7. The number of H-pyrrole nitrogens is 1. The fourth-order valence-corrected chi connectivity index (χ4v) is 2.05. The predicted molar refractivity (Wildman–Crippen MR) is 67.2 cm³/mol. The Balaban J connectivity index is 2.42. The van der Waals surface area contributed by atoms with E-state index in [0.717, 1.165) is 10.8 Å². The van der Waals surface area contributed by atoms with Crippen LogP contribution in [-0.2, 0) is 11.3 Å². The maximum Gasteiger partial charge on any atom is 0.330 e. The van der Waals surface area contributed by atoms with Gasteiger partial charge in [-0.2, -0.15) is 0 Å². The minimum Gasteiger partial charge on any atom is -0.394 e. The second-order valence-electron chi connectivity index (χ2n) is 4.44. The Kier molecular flexibility index (Phi) is 4.40. The highest BCUT2D eigenvalue weighted by Crippen LogP contribution is 2.27. The molecule has 11 nitrogen and oxygen atoms in total. The molecular formula is C10H13N5O6. The fourth-order valence-electron chi connectivity index (χ4n) is 2.05. The molecule has 1 aliphatic rings. The van der Waals surface area contributed by atoms with Gasteiger partial charge < -0.3 is 20.1 Å². The van der Waals surface area contributed by atoms with Crippen LogP contribution in [0.5, 0.6) is 0 Å². The minimum atomic E-state index is -1.46. The van der Waals surface area contributed by atoms with Gasteiger partial charge in [-0.05, 0) is 5.53 Å². The quantitative estimate of drug-likeness (QED) is 0.283. The second kappa shape index (κ2) is 6.08. The van der Waals surface area contributed by atoms with E-state index in [1.807, 2.05) is 4.98 Å². The Morgan fingerprint density at radius 2 is 2.14 bits per heavy atom. The maximum absolute atomic E-state index is 11.8. The van der Waals surface area contributed by atoms with E-state index in [4.69, 9.17) is 15.4 Å². The molecule has 0 saturated carbocycles. The molecule has 0 aliphatic carbocycles. The Hall–Kier alpha value is -2.17. The number of aromatic amines is 1. The molecule has 0 unspecified atom stereocenters. The predicted octanol–water partition coefficient (Wildman–Crippen LogP) is -2.04. The number of nitrogens with one attached hydrogen (secondary N) is 1. The van der Waals surface area contributed by atoms with Crippen LogP contribution in [0, 0.1) is 0 Å². The molecule has 1 aromatic heterocycles. The van der Waals surface area contributed by atoms with Crippen LogP contribution in [0.25, 0.3) is 10.4 Å². The van der Waals surface area contributed by atoms with Gasteiger partial charge in [0.1, 0.15) is 18.3 Å². The van der Waals surface area contributed by atoms with Crippen LogP contribution < -0.4 is 11.2 Å². The molecule has 1 aromatic rings. The summed E-state index contributed by atoms with van der Waals surface area (Å²) in [6, 6.07) is 0. The highest BCUT2D eigenvalue weighted by Gasteiger charge is 2.43. The molecule has 4 atom stereocenters. The van der Waals surface area contributed by atoms with E-state index < -0.39 is 42.4 Å². The van der Waals surface area contributed by atoms with Crippen molar-refractivity contribution >= 4 is 0 Å². The molecule has 2 heterocycles. The molecule has 1 saturated heterocycles. The first-order valence-electron chi connectivity index (χ1n) is 5.97. The first kappa shape index (κ1) is 15.2. The van der Waals surface area contributed by atoms with E-state index in [9.17, 15) is 19.8 Å². The summed E-state index contributed by atoms with van der Waals surface area (Å²) in [6.45, 7) is -0.834. The van der Waals surface area contributed by atoms with Crippen LogP contribution in [0.2, 0.25) is 0 Å². The molecule has 0 amide bonds. The van der Waals surface area contributed by atoms with Crippen LogP contribution in [0.3, 0.4) is 0 Å². The van der Waals surface area contributed by atoms with Gasteiger partial charge in [0.2, 0.25) is 0 Å². The number of hydrogen-bond donors (Lipinski definition) is 4. The Morgan fingerprint density at radius 1 is 1.43 bits per heavy atom. The van der Waals surface area contributed by atoms with Gasteiger partial charge in [0, 0.05) is 16.7 Å². The molecule has 4 N–H and O–H groups in total. The Morgan fingerprint density at radius 3 is 2.71 bits per heavy atom. The molecule has 0 spiro atoms. The zero-order valence-electron chi connectivity index (χ0n) is 10.7. The van der Waals surface area contributed by atoms with Gasteiger partial charge in [0.05, 0.1) is 13.2 Å². The van der Waals surface area contributed by atoms with Crippen LogP contribution >= 0.6 is 0 Å². The third kappa shape index (κ3) is 2.82. The summed E-state index contributed by atoms with van der Waals surface area (Å²) in [7, 11) is 0. The average Bonchev–Trinajstić information content (AvgIpc) is 2.74. The molecule has 21 heavy (non-hydrogen) atoms. The van der Waals surface area contributed by atoms with Crippen molar-refractivity contribution in [3.05, 3.63) is 43.0 Å². The first-order chi connectivity index (χ1) is 9.99. The average molecular weight is 299 g/mol. The minimum absolute atomic E-state index is 0.00913. The number of aliphatic hydroxyl groups is 3. The van der Waals surface area contributed by atoms with Gasteiger partial charge in [-0.15, -0.1) is 0 Å². The van der Waals surface area contributed by atoms with Gasteiger partial charge in [0.15, 0.2) is 6.23 Å². The van der Waals surface area contributed by atoms with Crippen molar-refractivity contribution in [3.63, 3.8) is 0 Å². The molecule has 0 radical (unpaired) electrons. The van der Waals surface area contributed by atoms with Crippen LogP contribution in [0.1, 0.15) is 11.8 Å². The number of nitrogens with zero attached hydrogens (tertiary/aromatic N) is 4. The van der Waals surface area contributed by atoms with Crippen LogP contribution in [0.15, 0.2) is 20.9 Å². The Labute approximate surface area is 116 Å². The molecular weight excluding hydrogens is 286 g/mol. The van der Waals surface area contributed by atoms with E-state index in [1.54, 1.807) is 0 Å². The van der Waals surface area contributed by atoms with Crippen LogP contribution in [0.4, 0.5) is 0 Å². The number of ether oxygens (including phenoxy) is 1. The fraction of sp³-hybridized carbons (Fsp3) is 0.600. The summed E-state index contributed by atoms with van der Waals surface area (Å²) in [4.78, 5) is 27.8. The summed E-state index contributed by atoms with van der Waals surface area (Å²) in [6.07, 6.45) is -4.08. The molecule has 1 fully saturated rings. The highest BCUT2D eigenvalue weighted by molar-refractivity contribution is 5.06. The molecule has 114 valence electrons. The third-order valence-electron chi connectivity index (χ3n) is 3.14. The van der Waals surface area contributed by atoms with Gasteiger partial charge in [0.25, 0.3) is 5.56 Å². The summed E-state index contributed by atoms with van der Waals surface area (Å²) >= 11 is 0. The van der Waals surface area contributed by atoms with E-state index in [0.29, 0.717) is 0 Å². The maximum atomic E-state index is 11.8. The van der Waals surface area contributed by atoms with Gasteiger partial charge >= 0.3 is 5.69 Å². The van der Waals surface area contributed by atoms with Gasteiger partial charge in [-0.25, -0.2) is 4.79 Å². The number of aliphatic hydroxyl groups excluding tert-OH is 3. The van der Waals surface area contributed by atoms with E-state index in [2.05, 4.69) is 10.0 Å². The highest BCUT2D eigenvalue weighted by atomic mass is 16.6. The largest absolute Gasteiger partial charge is 0.394 e. The molecule has 11 heteroatoms. The van der Waals surface area contributed by atoms with Gasteiger partial charge in [-0.1, -0.05) is 5.11 Å². The van der Waals surface area contributed by atoms with Crippen molar-refractivity contribution in [1.82, 2.24) is 9.55 Å². The lowest BCUT2D eigenvalue weighted by Crippen LogP contribution is -2.38. The Bertz CT molecular complexity index is 677. The van der Waals surface area contributed by atoms with Crippen molar-refractivity contribution in [2.24, 2.45) is 5.11 Å². The third-order valence-corrected chi connectivity index (χ3v) is 3.14. The standard InChI is InChI=1S/C10H13N5O6/c11-14-12-1-4-2-15(10(20)13-8(4)19)9-7(18)6(17)5(3-16)21-9/h2,5-7,9,16-18H,1,3H2,(H,13,19,20)/t5-,6-,7+,9-/m1/s1. The normalized spacial score (nSPS) is 28.3. The monoisotopic (exact) mass is 299 g/mol. The van der Waals surface area contributed by atoms with Crippen molar-refractivity contribution in [3.8, 4) is 0 Å². The molecule has 0 bridgehead atoms. The smallest absolute Gasteiger partial charge is 0.330 e. The second-order valence-corrected chi connectivity index (χ2v) is 4.44. The first-order valence-corrected chi connectivity index (χ1v) is 5.97. The lowest BCUT2D eigenvalue weighted by molar-refractivity contribution is -0.0551. The SMILES string of the molecule is [N-]=[N+]=NCc1cn([C@@H]2O[C@H](CO)[C@@H](O)[C@@H]2O)c(=O)[nH]c1=O. The number of hydrogen-bond acceptors (Lipinski definition) is 7. The number of rotatable bonds is 4. The summed E-state index contributed by atoms with van der Waals surface area (Å²) in [5, 5.41) is 31.7. The van der Waals surface area contributed by atoms with Crippen molar-refractivity contribution in [1.29, 1.82) is 0 Å². The van der Waals surface area contributed by atoms with Gasteiger partial charge in [-0.3, -0.25) is 14.3 Å². The van der Waals surface area contributed by atoms with Crippen molar-refractivity contribution in [2.45, 2.75) is 31.1 Å². The van der Waals surface area contributed by atoms with E-state index in [-0.39, 0.29) is 12.1 Å².